The minimum atomic E-state index is -4.69. The van der Waals surface area contributed by atoms with Crippen LogP contribution in [0.15, 0.2) is 0 Å². The van der Waals surface area contributed by atoms with Crippen molar-refractivity contribution >= 4 is 31.3 Å². The van der Waals surface area contributed by atoms with Gasteiger partial charge in [0.25, 0.3) is 7.82 Å². The second-order valence-electron chi connectivity index (χ2n) is 9.54. The monoisotopic (exact) mass is 814 g/mol. The average molecular weight is 815 g/mol. The lowest BCUT2D eigenvalue weighted by Gasteiger charge is -2.26. The Morgan fingerprint density at radius 2 is 0.840 bits per heavy atom. The van der Waals surface area contributed by atoms with Crippen LogP contribution in [0.4, 0.5) is 0 Å². The third-order valence-electron chi connectivity index (χ3n) is 6.00. The summed E-state index contributed by atoms with van der Waals surface area (Å²) in [6.45, 7) is 0.742. The first-order valence-corrected chi connectivity index (χ1v) is 21.4. The number of hydrogen-bond acceptors (Lipinski definition) is 21. The fraction of sp³-hybridized carbons (Fsp3) is 1.00. The molecule has 0 fully saturated rings. The molecule has 3 atom stereocenters. The molecule has 1 N–H and O–H groups in total. The molecule has 0 amide bonds. The van der Waals surface area contributed by atoms with Gasteiger partial charge in [-0.05, 0) is 26.4 Å². The van der Waals surface area contributed by atoms with Crippen molar-refractivity contribution in [3.63, 3.8) is 0 Å². The lowest BCUT2D eigenvalue weighted by molar-refractivity contribution is -0.227. The van der Waals surface area contributed by atoms with Gasteiger partial charge >= 0.3 is 23.5 Å². The predicted molar refractivity (Wildman–Crippen MR) is 176 cm³/mol. The lowest BCUT2D eigenvalue weighted by Crippen LogP contribution is -2.20. The zero-order chi connectivity index (χ0) is 37.6. The smallest absolute Gasteiger partial charge is 0.474 e. The quantitative estimate of drug-likeness (QED) is 0.0695. The molecule has 50 heavy (non-hydrogen) atoms. The van der Waals surface area contributed by atoms with Crippen molar-refractivity contribution in [3.8, 4) is 0 Å². The number of rotatable bonds is 38. The van der Waals surface area contributed by atoms with Gasteiger partial charge in [-0.1, -0.05) is 6.42 Å². The molecule has 0 aromatic rings. The number of unbranched alkanes of at least 4 members (excludes halogenated alkanes) is 1. The molecule has 0 heterocycles. The first-order valence-electron chi connectivity index (χ1n) is 15.6. The number of nitrogens with one attached hydrogen (secondary N) is 1. The van der Waals surface area contributed by atoms with Gasteiger partial charge in [0, 0.05) is 41.5 Å². The summed E-state index contributed by atoms with van der Waals surface area (Å²) < 4.78 is 124. The lowest BCUT2D eigenvalue weighted by atomic mass is 10.0. The van der Waals surface area contributed by atoms with Crippen molar-refractivity contribution in [2.75, 3.05) is 142 Å². The van der Waals surface area contributed by atoms with Crippen molar-refractivity contribution < 1.29 is 91.9 Å². The molecule has 0 aliphatic rings. The Balaban J connectivity index is 4.40. The molecular formula is C25H56NO20P4-. The molecule has 0 spiro atoms. The molecule has 302 valence electrons. The van der Waals surface area contributed by atoms with Crippen molar-refractivity contribution in [3.05, 3.63) is 0 Å². The van der Waals surface area contributed by atoms with Crippen LogP contribution in [0.5, 0.6) is 0 Å². The molecule has 0 radical (unpaired) electrons. The second-order valence-corrected chi connectivity index (χ2v) is 16.5. The number of hydrogen-bond donors (Lipinski definition) is 1. The Kier molecular flexibility index (Phi) is 30.7. The first kappa shape index (κ1) is 50.2. The van der Waals surface area contributed by atoms with Crippen LogP contribution in [-0.4, -0.2) is 142 Å². The summed E-state index contributed by atoms with van der Waals surface area (Å²) in [5, 5.41) is 3.03. The van der Waals surface area contributed by atoms with Gasteiger partial charge in [-0.2, -0.15) is 0 Å². The van der Waals surface area contributed by atoms with Gasteiger partial charge < -0.3 is 38.2 Å². The highest BCUT2D eigenvalue weighted by Crippen LogP contribution is 2.50. The maximum Gasteiger partial charge on any atom is 0.474 e. The van der Waals surface area contributed by atoms with E-state index in [1.54, 1.807) is 0 Å². The highest BCUT2D eigenvalue weighted by Gasteiger charge is 2.27. The zero-order valence-corrected chi connectivity index (χ0v) is 33.3. The fourth-order valence-corrected chi connectivity index (χ4v) is 6.42. The Hall–Kier alpha value is 0.240. The van der Waals surface area contributed by atoms with Crippen molar-refractivity contribution in [1.82, 2.24) is 5.32 Å². The normalized spacial score (nSPS) is 15.6. The molecule has 0 aliphatic heterocycles. The maximum absolute atomic E-state index is 12.9. The van der Waals surface area contributed by atoms with Gasteiger partial charge in [0.2, 0.25) is 0 Å². The summed E-state index contributed by atoms with van der Waals surface area (Å²) in [6.07, 6.45) is 2.01. The SMILES string of the molecule is CNCCCCC(COP(=O)([O-])OCCOCCOCCOP(=O)(OC)OC)COP(=O)(OC)OCCOCCOCCOP(=O)(OC)OC. The van der Waals surface area contributed by atoms with Crippen LogP contribution >= 0.6 is 31.3 Å². The summed E-state index contributed by atoms with van der Waals surface area (Å²) in [4.78, 5) is 12.3. The van der Waals surface area contributed by atoms with Crippen LogP contribution in [0, 0.1) is 5.92 Å². The molecule has 0 saturated carbocycles. The van der Waals surface area contributed by atoms with Crippen LogP contribution in [0.2, 0.25) is 0 Å². The Labute approximate surface area is 295 Å². The Morgan fingerprint density at radius 3 is 1.24 bits per heavy atom. The van der Waals surface area contributed by atoms with E-state index in [4.69, 9.17) is 50.6 Å². The summed E-state index contributed by atoms with van der Waals surface area (Å²) in [5.41, 5.74) is 0. The van der Waals surface area contributed by atoms with E-state index in [1.807, 2.05) is 7.05 Å². The summed E-state index contributed by atoms with van der Waals surface area (Å²) >= 11 is 0. The molecule has 0 aromatic carbocycles. The molecule has 0 aromatic heterocycles. The van der Waals surface area contributed by atoms with Gasteiger partial charge in [0.1, 0.15) is 0 Å². The van der Waals surface area contributed by atoms with Gasteiger partial charge in [0.05, 0.1) is 92.5 Å². The number of ether oxygens (including phenoxy) is 4. The van der Waals surface area contributed by atoms with Gasteiger partial charge in [0.15, 0.2) is 0 Å². The largest absolute Gasteiger partial charge is 0.756 e. The molecule has 25 heteroatoms. The predicted octanol–water partition coefficient (Wildman–Crippen LogP) is 3.18. The van der Waals surface area contributed by atoms with Gasteiger partial charge in [-0.25, -0.2) is 13.7 Å². The molecule has 0 bridgehead atoms. The summed E-state index contributed by atoms with van der Waals surface area (Å²) in [7, 11) is -8.02. The van der Waals surface area contributed by atoms with E-state index >= 15 is 0 Å². The van der Waals surface area contributed by atoms with E-state index in [2.05, 4.69) is 23.4 Å². The van der Waals surface area contributed by atoms with E-state index in [0.29, 0.717) is 12.8 Å². The standard InChI is InChI=1S/C25H57NO20P4/c1-26-10-8-7-9-25(23-45-47(27,28)41-19-15-37-11-12-38-16-20-42-48(29,32-2)33-3)24-46-50(31,36-6)44-22-18-40-14-13-39-17-21-43-49(30,34-4)35-5/h25-26H,7-24H2,1-6H3,(H,27,28)/p-1. The molecule has 21 nitrogen and oxygen atoms in total. The van der Waals surface area contributed by atoms with E-state index in [0.717, 1.165) is 20.1 Å². The zero-order valence-electron chi connectivity index (χ0n) is 29.8. The highest BCUT2D eigenvalue weighted by atomic mass is 31.2. The molecule has 0 saturated heterocycles. The molecule has 0 rings (SSSR count). The molecular weight excluding hydrogens is 758 g/mol. The number of phosphoric acid groups is 4. The minimum absolute atomic E-state index is 0.0128. The van der Waals surface area contributed by atoms with Crippen LogP contribution in [-0.2, 0) is 87.0 Å². The van der Waals surface area contributed by atoms with E-state index < -0.39 is 37.2 Å². The summed E-state index contributed by atoms with van der Waals surface area (Å²) in [6, 6.07) is 0. The fourth-order valence-electron chi connectivity index (χ4n) is 3.36. The topological polar surface area (TPSA) is 242 Å². The first-order chi connectivity index (χ1) is 23.9. The van der Waals surface area contributed by atoms with Crippen molar-refractivity contribution in [2.45, 2.75) is 19.3 Å². The van der Waals surface area contributed by atoms with Crippen LogP contribution in [0.1, 0.15) is 19.3 Å². The van der Waals surface area contributed by atoms with Crippen LogP contribution < -0.4 is 10.2 Å². The second kappa shape index (κ2) is 30.6. The third kappa shape index (κ3) is 26.9. The molecule has 0 aliphatic carbocycles. The number of phosphoric ester groups is 4. The van der Waals surface area contributed by atoms with Gasteiger partial charge in [-0.3, -0.25) is 45.3 Å². The Bertz CT molecular complexity index is 997. The third-order valence-corrected chi connectivity index (χ3v) is 11.2. The molecule has 3 unspecified atom stereocenters. The highest BCUT2D eigenvalue weighted by molar-refractivity contribution is 7.49. The summed E-state index contributed by atoms with van der Waals surface area (Å²) in [5.74, 6) is -0.483. The minimum Gasteiger partial charge on any atom is -0.756 e. The van der Waals surface area contributed by atoms with E-state index in [-0.39, 0.29) is 92.5 Å². The Morgan fingerprint density at radius 1 is 0.480 bits per heavy atom. The van der Waals surface area contributed by atoms with Crippen LogP contribution in [0.3, 0.4) is 0 Å². The maximum atomic E-state index is 12.9. The van der Waals surface area contributed by atoms with Crippen LogP contribution in [0.25, 0.3) is 0 Å². The van der Waals surface area contributed by atoms with E-state index in [9.17, 15) is 23.2 Å². The average Bonchev–Trinajstić information content (AvgIpc) is 3.12. The van der Waals surface area contributed by atoms with E-state index in [1.165, 1.54) is 28.4 Å². The van der Waals surface area contributed by atoms with Gasteiger partial charge in [-0.15, -0.1) is 0 Å². The van der Waals surface area contributed by atoms with Crippen molar-refractivity contribution in [1.29, 1.82) is 0 Å². The van der Waals surface area contributed by atoms with Crippen molar-refractivity contribution in [2.24, 2.45) is 5.92 Å².